The largest absolute Gasteiger partial charge is 0.507 e. The summed E-state index contributed by atoms with van der Waals surface area (Å²) in [6.07, 6.45) is -1.40. The fraction of sp³-hybridized carbons (Fsp3) is 0.208. The van der Waals surface area contributed by atoms with Gasteiger partial charge in [-0.25, -0.2) is 19.6 Å². The Hall–Kier alpha value is -5.08. The summed E-state index contributed by atoms with van der Waals surface area (Å²) in [6.45, 7) is 0.00624. The minimum absolute atomic E-state index is 0.00918. The number of amides is 3. The molecule has 0 aliphatic rings. The minimum atomic E-state index is -4.55. The standard InChI is InChI=1S/C24H23F3N6O6/c25-24(26,27)14-2-4-15(5-3-14)32-23(38)33-18(21(36)37)13-31-20(35)17-7-6-16(12-19(17)34)39-11-10-30-22-28-8-1-9-29-22/h1-9,12,18,34H,10-11,13H2,(H,31,35)(H,36,37)(H,28,29,30)(H2,32,33,38)/t18-/m0/s1. The van der Waals surface area contributed by atoms with Crippen molar-refractivity contribution >= 4 is 29.5 Å². The number of phenols is 1. The van der Waals surface area contributed by atoms with Gasteiger partial charge in [-0.3, -0.25) is 4.79 Å². The van der Waals surface area contributed by atoms with Gasteiger partial charge in [-0.1, -0.05) is 0 Å². The molecule has 0 radical (unpaired) electrons. The number of aromatic nitrogens is 2. The molecule has 0 saturated heterocycles. The third-order valence-electron chi connectivity index (χ3n) is 4.97. The van der Waals surface area contributed by atoms with Gasteiger partial charge in [-0.05, 0) is 42.5 Å². The Kier molecular flexibility index (Phi) is 9.45. The zero-order chi connectivity index (χ0) is 28.4. The summed E-state index contributed by atoms with van der Waals surface area (Å²) in [7, 11) is 0. The molecule has 0 spiro atoms. The highest BCUT2D eigenvalue weighted by atomic mass is 19.4. The molecule has 3 amide bonds. The molecule has 1 heterocycles. The van der Waals surface area contributed by atoms with Crippen molar-refractivity contribution in [2.24, 2.45) is 0 Å². The lowest BCUT2D eigenvalue weighted by atomic mass is 10.1. The Balaban J connectivity index is 1.48. The quantitative estimate of drug-likeness (QED) is 0.197. The van der Waals surface area contributed by atoms with E-state index in [1.807, 2.05) is 0 Å². The molecule has 12 nitrogen and oxygen atoms in total. The van der Waals surface area contributed by atoms with Crippen LogP contribution in [0, 0.1) is 0 Å². The molecule has 39 heavy (non-hydrogen) atoms. The number of carbonyl (C=O) groups excluding carboxylic acids is 2. The number of anilines is 2. The van der Waals surface area contributed by atoms with Gasteiger partial charge in [0.1, 0.15) is 24.1 Å². The molecule has 1 aromatic heterocycles. The minimum Gasteiger partial charge on any atom is -0.507 e. The first-order valence-corrected chi connectivity index (χ1v) is 11.3. The molecular formula is C24H23F3N6O6. The number of hydrogen-bond donors (Lipinski definition) is 6. The molecule has 3 rings (SSSR count). The predicted octanol–water partition coefficient (Wildman–Crippen LogP) is 2.70. The zero-order valence-corrected chi connectivity index (χ0v) is 20.0. The number of alkyl halides is 3. The predicted molar refractivity (Wildman–Crippen MR) is 131 cm³/mol. The van der Waals surface area contributed by atoms with Crippen molar-refractivity contribution < 1.29 is 42.5 Å². The number of hydrogen-bond acceptors (Lipinski definition) is 8. The molecule has 2 aromatic carbocycles. The number of ether oxygens (including phenoxy) is 1. The normalized spacial score (nSPS) is 11.7. The van der Waals surface area contributed by atoms with Crippen molar-refractivity contribution in [2.75, 3.05) is 30.3 Å². The summed E-state index contributed by atoms with van der Waals surface area (Å²) in [4.78, 5) is 44.1. The lowest BCUT2D eigenvalue weighted by Gasteiger charge is -2.16. The third kappa shape index (κ3) is 8.77. The first-order chi connectivity index (χ1) is 18.5. The summed E-state index contributed by atoms with van der Waals surface area (Å²) in [5.41, 5.74) is -1.10. The maximum Gasteiger partial charge on any atom is 0.416 e. The smallest absolute Gasteiger partial charge is 0.416 e. The SMILES string of the molecule is O=C(Nc1ccc(C(F)(F)F)cc1)N[C@@H](CNC(=O)c1ccc(OCCNc2ncccn2)cc1O)C(=O)O. The van der Waals surface area contributed by atoms with E-state index in [1.54, 1.807) is 18.5 Å². The number of aromatic hydroxyl groups is 1. The molecule has 0 bridgehead atoms. The van der Waals surface area contributed by atoms with Gasteiger partial charge in [-0.15, -0.1) is 0 Å². The summed E-state index contributed by atoms with van der Waals surface area (Å²) in [6, 6.07) is 6.49. The Morgan fingerprint density at radius 2 is 1.72 bits per heavy atom. The number of halogens is 3. The van der Waals surface area contributed by atoms with Crippen LogP contribution in [0.15, 0.2) is 60.9 Å². The third-order valence-corrected chi connectivity index (χ3v) is 4.97. The summed E-state index contributed by atoms with van der Waals surface area (Å²) in [5.74, 6) is -2.05. The summed E-state index contributed by atoms with van der Waals surface area (Å²) < 4.78 is 43.4. The van der Waals surface area contributed by atoms with Crippen LogP contribution < -0.4 is 26.0 Å². The van der Waals surface area contributed by atoms with Crippen molar-refractivity contribution in [1.82, 2.24) is 20.6 Å². The zero-order valence-electron chi connectivity index (χ0n) is 20.0. The molecule has 3 aromatic rings. The number of urea groups is 1. The van der Waals surface area contributed by atoms with Crippen molar-refractivity contribution in [3.05, 3.63) is 72.1 Å². The van der Waals surface area contributed by atoms with E-state index in [4.69, 9.17) is 4.74 Å². The van der Waals surface area contributed by atoms with Crippen LogP contribution >= 0.6 is 0 Å². The first-order valence-electron chi connectivity index (χ1n) is 11.3. The van der Waals surface area contributed by atoms with Crippen LogP contribution in [0.1, 0.15) is 15.9 Å². The van der Waals surface area contributed by atoms with E-state index >= 15 is 0 Å². The van der Waals surface area contributed by atoms with E-state index in [1.165, 1.54) is 18.2 Å². The fourth-order valence-corrected chi connectivity index (χ4v) is 3.07. The second kappa shape index (κ2) is 12.9. The second-order valence-electron chi connectivity index (χ2n) is 7.80. The van der Waals surface area contributed by atoms with Gasteiger partial charge < -0.3 is 36.2 Å². The molecule has 0 aliphatic carbocycles. The average molecular weight is 548 g/mol. The number of nitrogens with zero attached hydrogens (tertiary/aromatic N) is 2. The first kappa shape index (κ1) is 28.5. The lowest BCUT2D eigenvalue weighted by molar-refractivity contribution is -0.139. The summed E-state index contributed by atoms with van der Waals surface area (Å²) >= 11 is 0. The average Bonchev–Trinajstić information content (AvgIpc) is 2.89. The number of nitrogens with one attached hydrogen (secondary N) is 4. The van der Waals surface area contributed by atoms with Crippen molar-refractivity contribution in [1.29, 1.82) is 0 Å². The van der Waals surface area contributed by atoms with Crippen molar-refractivity contribution in [2.45, 2.75) is 12.2 Å². The van der Waals surface area contributed by atoms with E-state index in [0.29, 0.717) is 12.5 Å². The molecule has 1 atom stereocenters. The molecule has 206 valence electrons. The Morgan fingerprint density at radius 1 is 1.03 bits per heavy atom. The van der Waals surface area contributed by atoms with Crippen LogP contribution in [0.25, 0.3) is 0 Å². The van der Waals surface area contributed by atoms with E-state index in [9.17, 15) is 37.8 Å². The van der Waals surface area contributed by atoms with E-state index in [-0.39, 0.29) is 23.6 Å². The van der Waals surface area contributed by atoms with E-state index in [2.05, 4.69) is 31.2 Å². The van der Waals surface area contributed by atoms with Gasteiger partial charge in [-0.2, -0.15) is 13.2 Å². The molecule has 0 unspecified atom stereocenters. The Morgan fingerprint density at radius 3 is 2.33 bits per heavy atom. The highest BCUT2D eigenvalue weighted by molar-refractivity contribution is 5.97. The van der Waals surface area contributed by atoms with Crippen LogP contribution in [0.4, 0.5) is 29.6 Å². The van der Waals surface area contributed by atoms with E-state index < -0.39 is 48.0 Å². The Labute approximate surface area is 219 Å². The lowest BCUT2D eigenvalue weighted by Crippen LogP contribution is -2.49. The summed E-state index contributed by atoms with van der Waals surface area (Å²) in [5, 5.41) is 29.1. The van der Waals surface area contributed by atoms with E-state index in [0.717, 1.165) is 24.3 Å². The number of phenolic OH excluding ortho intramolecular Hbond substituents is 1. The monoisotopic (exact) mass is 548 g/mol. The topological polar surface area (TPSA) is 175 Å². The number of rotatable bonds is 11. The number of benzene rings is 2. The highest BCUT2D eigenvalue weighted by Crippen LogP contribution is 2.29. The van der Waals surface area contributed by atoms with Crippen LogP contribution in [-0.2, 0) is 11.0 Å². The molecular weight excluding hydrogens is 525 g/mol. The van der Waals surface area contributed by atoms with Crippen LogP contribution in [0.5, 0.6) is 11.5 Å². The van der Waals surface area contributed by atoms with Crippen molar-refractivity contribution in [3.8, 4) is 11.5 Å². The molecule has 15 heteroatoms. The molecule has 0 fully saturated rings. The maximum absolute atomic E-state index is 12.6. The van der Waals surface area contributed by atoms with Gasteiger partial charge in [0.25, 0.3) is 5.91 Å². The van der Waals surface area contributed by atoms with Crippen LogP contribution in [0.2, 0.25) is 0 Å². The second-order valence-corrected chi connectivity index (χ2v) is 7.80. The van der Waals surface area contributed by atoms with Crippen molar-refractivity contribution in [3.63, 3.8) is 0 Å². The van der Waals surface area contributed by atoms with Gasteiger partial charge in [0.05, 0.1) is 17.7 Å². The van der Waals surface area contributed by atoms with Crippen LogP contribution in [-0.4, -0.2) is 63.8 Å². The van der Waals surface area contributed by atoms with Gasteiger partial charge in [0.2, 0.25) is 5.95 Å². The van der Waals surface area contributed by atoms with Gasteiger partial charge in [0, 0.05) is 30.7 Å². The number of carboxylic acids is 1. The Bertz CT molecular complexity index is 1290. The van der Waals surface area contributed by atoms with Gasteiger partial charge in [0.15, 0.2) is 0 Å². The molecule has 0 saturated carbocycles. The number of aliphatic carboxylic acids is 1. The maximum atomic E-state index is 12.6. The fourth-order valence-electron chi connectivity index (χ4n) is 3.07. The van der Waals surface area contributed by atoms with Crippen LogP contribution in [0.3, 0.4) is 0 Å². The number of carbonyl (C=O) groups is 3. The number of carboxylic acid groups (broad SMARTS) is 1. The molecule has 0 aliphatic heterocycles. The highest BCUT2D eigenvalue weighted by Gasteiger charge is 2.30. The molecule has 6 N–H and O–H groups in total. The van der Waals surface area contributed by atoms with Gasteiger partial charge >= 0.3 is 18.2 Å².